The Bertz CT molecular complexity index is 4020. The summed E-state index contributed by atoms with van der Waals surface area (Å²) in [6, 6.07) is 61.1. The van der Waals surface area contributed by atoms with Crippen LogP contribution in [0.1, 0.15) is 86.1 Å². The highest BCUT2D eigenvalue weighted by Gasteiger charge is 2.44. The van der Waals surface area contributed by atoms with Gasteiger partial charge in [0.25, 0.3) is 0 Å². The molecule has 11 aromatic rings. The number of hydrogen-bond acceptors (Lipinski definition) is 3. The van der Waals surface area contributed by atoms with Crippen molar-refractivity contribution in [3.63, 3.8) is 0 Å². The minimum Gasteiger partial charge on any atom is -0.456 e. The summed E-state index contributed by atoms with van der Waals surface area (Å²) in [5.74, 6) is 0. The molecular weight excluding hydrogens is 827 g/mol. The lowest BCUT2D eigenvalue weighted by Gasteiger charge is -2.30. The van der Waals surface area contributed by atoms with Gasteiger partial charge >= 0.3 is 0 Å². The predicted molar refractivity (Wildman–Crippen MR) is 283 cm³/mol. The maximum absolute atomic E-state index is 6.83. The van der Waals surface area contributed by atoms with Crippen LogP contribution in [0.15, 0.2) is 173 Å². The maximum Gasteiger partial charge on any atom is 0.143 e. The Balaban J connectivity index is 0.932. The van der Waals surface area contributed by atoms with E-state index in [2.05, 4.69) is 224 Å². The number of nitrogens with zero attached hydrogens (tertiary/aromatic N) is 1. The highest BCUT2D eigenvalue weighted by molar-refractivity contribution is 6.19. The molecule has 3 aliphatic rings. The molecule has 2 heterocycles. The van der Waals surface area contributed by atoms with Gasteiger partial charge in [-0.05, 0) is 165 Å². The molecule has 0 saturated carbocycles. The summed E-state index contributed by atoms with van der Waals surface area (Å²) in [5.41, 5.74) is 27.3. The Kier molecular flexibility index (Phi) is 7.73. The van der Waals surface area contributed by atoms with E-state index in [1.165, 1.54) is 99.6 Å². The van der Waals surface area contributed by atoms with Crippen molar-refractivity contribution in [2.24, 2.45) is 0 Å². The first-order chi connectivity index (χ1) is 32.8. The molecule has 0 bridgehead atoms. The molecule has 68 heavy (non-hydrogen) atoms. The van der Waals surface area contributed by atoms with E-state index in [0.717, 1.165) is 50.3 Å². The summed E-state index contributed by atoms with van der Waals surface area (Å²) >= 11 is 0. The maximum atomic E-state index is 6.83. The van der Waals surface area contributed by atoms with Crippen molar-refractivity contribution in [2.45, 2.75) is 71.6 Å². The van der Waals surface area contributed by atoms with Crippen molar-refractivity contribution in [1.29, 1.82) is 0 Å². The molecule has 3 heteroatoms. The third-order valence-electron chi connectivity index (χ3n) is 16.5. The Hall–Kier alpha value is -7.62. The van der Waals surface area contributed by atoms with Crippen LogP contribution >= 0.6 is 0 Å². The quantitative estimate of drug-likeness (QED) is 0.176. The van der Waals surface area contributed by atoms with Gasteiger partial charge in [0, 0.05) is 60.4 Å². The van der Waals surface area contributed by atoms with E-state index in [1.807, 2.05) is 0 Å². The molecule has 3 aliphatic carbocycles. The number of hydrogen-bond donors (Lipinski definition) is 0. The lowest BCUT2D eigenvalue weighted by atomic mass is 9.79. The molecule has 0 radical (unpaired) electrons. The molecule has 0 unspecified atom stereocenters. The van der Waals surface area contributed by atoms with E-state index < -0.39 is 0 Å². The molecule has 0 atom stereocenters. The Morgan fingerprint density at radius 2 is 0.882 bits per heavy atom. The Morgan fingerprint density at radius 3 is 1.62 bits per heavy atom. The molecule has 9 aromatic carbocycles. The summed E-state index contributed by atoms with van der Waals surface area (Å²) in [6.45, 7) is 18.8. The van der Waals surface area contributed by atoms with Crippen LogP contribution in [0.25, 0.3) is 88.4 Å². The fraction of sp³-hybridized carbons (Fsp3) is 0.169. The first kappa shape index (κ1) is 39.5. The SMILES string of the molecule is Cc1ccc(N(c2ccc3c(c2)C(C)(C)c2cc4c(cc2-3)C(C)(C)c2ccc3oc5ccccc5c3c2-4)c2ccc3c(c2)C(C)(C)c2cc(-c4ccccc4C)c4oc5ccccc5c4c2-3)cc1. The van der Waals surface area contributed by atoms with Gasteiger partial charge in [-0.1, -0.05) is 138 Å². The first-order valence-electron chi connectivity index (χ1n) is 24.2. The summed E-state index contributed by atoms with van der Waals surface area (Å²) in [4.78, 5) is 2.47. The number of rotatable bonds is 4. The van der Waals surface area contributed by atoms with Crippen LogP contribution in [0, 0.1) is 13.8 Å². The second-order valence-corrected chi connectivity index (χ2v) is 21.4. The van der Waals surface area contributed by atoms with Gasteiger partial charge in [-0.3, -0.25) is 0 Å². The van der Waals surface area contributed by atoms with Gasteiger partial charge in [0.15, 0.2) is 0 Å². The Morgan fingerprint density at radius 1 is 0.353 bits per heavy atom. The van der Waals surface area contributed by atoms with Gasteiger partial charge < -0.3 is 13.7 Å². The third-order valence-corrected chi connectivity index (χ3v) is 16.5. The third kappa shape index (κ3) is 5.09. The molecule has 0 fully saturated rings. The Labute approximate surface area is 397 Å². The minimum atomic E-state index is -0.285. The average molecular weight is 878 g/mol. The van der Waals surface area contributed by atoms with Crippen LogP contribution in [0.2, 0.25) is 0 Å². The average Bonchev–Trinajstić information content (AvgIpc) is 4.08. The molecule has 0 spiro atoms. The predicted octanol–water partition coefficient (Wildman–Crippen LogP) is 18.2. The van der Waals surface area contributed by atoms with Crippen LogP contribution in [0.3, 0.4) is 0 Å². The van der Waals surface area contributed by atoms with E-state index in [0.29, 0.717) is 0 Å². The van der Waals surface area contributed by atoms with E-state index in [1.54, 1.807) is 0 Å². The second kappa shape index (κ2) is 13.3. The van der Waals surface area contributed by atoms with Crippen LogP contribution in [-0.4, -0.2) is 0 Å². The highest BCUT2D eigenvalue weighted by Crippen LogP contribution is 2.60. The van der Waals surface area contributed by atoms with Crippen molar-refractivity contribution < 1.29 is 8.83 Å². The van der Waals surface area contributed by atoms with Crippen molar-refractivity contribution in [3.05, 3.63) is 208 Å². The monoisotopic (exact) mass is 877 g/mol. The summed E-state index contributed by atoms with van der Waals surface area (Å²) in [5, 5.41) is 4.77. The largest absolute Gasteiger partial charge is 0.456 e. The zero-order valence-corrected chi connectivity index (χ0v) is 39.9. The lowest BCUT2D eigenvalue weighted by Crippen LogP contribution is -2.18. The fourth-order valence-corrected chi connectivity index (χ4v) is 12.8. The van der Waals surface area contributed by atoms with Crippen molar-refractivity contribution in [2.75, 3.05) is 4.90 Å². The number of benzene rings is 9. The number of furan rings is 2. The molecule has 0 N–H and O–H groups in total. The molecule has 14 rings (SSSR count). The van der Waals surface area contributed by atoms with Gasteiger partial charge in [0.1, 0.15) is 22.3 Å². The summed E-state index contributed by atoms with van der Waals surface area (Å²) < 4.78 is 13.3. The molecule has 328 valence electrons. The van der Waals surface area contributed by atoms with Gasteiger partial charge in [-0.2, -0.15) is 0 Å². The van der Waals surface area contributed by atoms with E-state index in [-0.39, 0.29) is 16.2 Å². The van der Waals surface area contributed by atoms with Crippen LogP contribution in [0.4, 0.5) is 17.1 Å². The first-order valence-corrected chi connectivity index (χ1v) is 24.2. The zero-order valence-electron chi connectivity index (χ0n) is 39.9. The van der Waals surface area contributed by atoms with Crippen LogP contribution in [0.5, 0.6) is 0 Å². The standard InChI is InChI=1S/C65H51NO2/c1-36-21-23-38(24-22-36)66(40-26-28-43-51(32-40)65(7,8)54-34-47(41-16-10-9-15-37(41)2)62-61(58(43)54)45-18-12-14-20-56(45)68-62)39-25-27-42-46-33-53-48(35-52(46)64(5,6)50(42)31-39)59-49(63(53,3)4)29-30-57-60(59)44-17-11-13-19-55(44)67-57/h9-35H,1-8H3. The topological polar surface area (TPSA) is 29.5 Å². The van der Waals surface area contributed by atoms with Crippen LogP contribution in [-0.2, 0) is 16.2 Å². The number of anilines is 3. The number of para-hydroxylation sites is 2. The molecule has 0 saturated heterocycles. The minimum absolute atomic E-state index is 0.166. The van der Waals surface area contributed by atoms with Crippen molar-refractivity contribution in [3.8, 4) is 44.5 Å². The van der Waals surface area contributed by atoms with E-state index in [4.69, 9.17) is 8.83 Å². The molecule has 3 nitrogen and oxygen atoms in total. The summed E-state index contributed by atoms with van der Waals surface area (Å²) in [7, 11) is 0. The normalized spacial score (nSPS) is 15.4. The summed E-state index contributed by atoms with van der Waals surface area (Å²) in [6.07, 6.45) is 0. The van der Waals surface area contributed by atoms with Gasteiger partial charge in [-0.25, -0.2) is 0 Å². The van der Waals surface area contributed by atoms with Crippen LogP contribution < -0.4 is 4.90 Å². The zero-order chi connectivity index (χ0) is 46.2. The smallest absolute Gasteiger partial charge is 0.143 e. The number of aryl methyl sites for hydroxylation is 2. The van der Waals surface area contributed by atoms with Gasteiger partial charge in [0.05, 0.1) is 0 Å². The molecule has 2 aromatic heterocycles. The van der Waals surface area contributed by atoms with Crippen molar-refractivity contribution >= 4 is 60.9 Å². The van der Waals surface area contributed by atoms with Gasteiger partial charge in [-0.15, -0.1) is 0 Å². The van der Waals surface area contributed by atoms with Gasteiger partial charge in [0.2, 0.25) is 0 Å². The highest BCUT2D eigenvalue weighted by atomic mass is 16.3. The fourth-order valence-electron chi connectivity index (χ4n) is 12.8. The van der Waals surface area contributed by atoms with E-state index >= 15 is 0 Å². The second-order valence-electron chi connectivity index (χ2n) is 21.4. The number of fused-ring (bicyclic) bond motifs is 17. The molecule has 0 aliphatic heterocycles. The van der Waals surface area contributed by atoms with E-state index in [9.17, 15) is 0 Å². The molecular formula is C65H51NO2. The van der Waals surface area contributed by atoms with Crippen molar-refractivity contribution in [1.82, 2.24) is 0 Å². The lowest BCUT2D eigenvalue weighted by molar-refractivity contribution is 0.651. The molecule has 0 amide bonds.